The summed E-state index contributed by atoms with van der Waals surface area (Å²) in [7, 11) is 0. The number of aliphatic hydroxyl groups is 1. The fourth-order valence-corrected chi connectivity index (χ4v) is 1.17. The topological polar surface area (TPSA) is 64.7 Å². The number of ether oxygens (including phenoxy) is 2. The van der Waals surface area contributed by atoms with Gasteiger partial charge in [0, 0.05) is 6.54 Å². The molecule has 1 aromatic carbocycles. The number of hydrogen-bond donors (Lipinski definition) is 2. The zero-order chi connectivity index (χ0) is 11.8. The summed E-state index contributed by atoms with van der Waals surface area (Å²) in [6, 6.07) is 4.61. The van der Waals surface area contributed by atoms with Gasteiger partial charge in [0.25, 0.3) is 0 Å². The van der Waals surface area contributed by atoms with E-state index in [9.17, 15) is 4.39 Å². The summed E-state index contributed by atoms with van der Waals surface area (Å²) in [5.74, 6) is -0.241. The van der Waals surface area contributed by atoms with Crippen LogP contribution in [-0.2, 0) is 11.3 Å². The summed E-state index contributed by atoms with van der Waals surface area (Å²) in [5, 5.41) is 8.45. The van der Waals surface area contributed by atoms with E-state index >= 15 is 0 Å². The molecule has 0 bridgehead atoms. The molecule has 16 heavy (non-hydrogen) atoms. The highest BCUT2D eigenvalue weighted by molar-refractivity contribution is 5.29. The van der Waals surface area contributed by atoms with Crippen LogP contribution in [0.4, 0.5) is 4.39 Å². The minimum Gasteiger partial charge on any atom is -0.488 e. The number of aliphatic hydroxyl groups excluding tert-OH is 1. The molecule has 1 rings (SSSR count). The molecule has 0 amide bonds. The average Bonchev–Trinajstić information content (AvgIpc) is 2.30. The second kappa shape index (κ2) is 7.16. The fraction of sp³-hybridized carbons (Fsp3) is 0.455. The van der Waals surface area contributed by atoms with Crippen LogP contribution in [0.5, 0.6) is 5.75 Å². The first-order chi connectivity index (χ1) is 7.77. The van der Waals surface area contributed by atoms with Gasteiger partial charge in [0.05, 0.1) is 19.8 Å². The predicted octanol–water partition coefficient (Wildman–Crippen LogP) is 0.672. The molecular weight excluding hydrogens is 213 g/mol. The van der Waals surface area contributed by atoms with Gasteiger partial charge in [0.1, 0.15) is 6.61 Å². The number of halogens is 1. The minimum absolute atomic E-state index is 0.0282. The quantitative estimate of drug-likeness (QED) is 0.674. The van der Waals surface area contributed by atoms with Crippen molar-refractivity contribution >= 4 is 0 Å². The molecule has 3 N–H and O–H groups in total. The number of hydrogen-bond acceptors (Lipinski definition) is 4. The van der Waals surface area contributed by atoms with Crippen LogP contribution in [0.1, 0.15) is 5.56 Å². The Hall–Kier alpha value is -1.17. The monoisotopic (exact) mass is 229 g/mol. The van der Waals surface area contributed by atoms with Gasteiger partial charge in [-0.3, -0.25) is 0 Å². The van der Waals surface area contributed by atoms with Crippen LogP contribution in [0.15, 0.2) is 18.2 Å². The zero-order valence-electron chi connectivity index (χ0n) is 8.99. The van der Waals surface area contributed by atoms with E-state index in [-0.39, 0.29) is 25.6 Å². The van der Waals surface area contributed by atoms with Crippen molar-refractivity contribution in [2.24, 2.45) is 5.73 Å². The lowest BCUT2D eigenvalue weighted by atomic mass is 10.2. The highest BCUT2D eigenvalue weighted by atomic mass is 19.1. The summed E-state index contributed by atoms with van der Waals surface area (Å²) < 4.78 is 23.5. The first-order valence-electron chi connectivity index (χ1n) is 5.08. The highest BCUT2D eigenvalue weighted by Gasteiger charge is 2.03. The minimum atomic E-state index is -0.426. The summed E-state index contributed by atoms with van der Waals surface area (Å²) >= 11 is 0. The van der Waals surface area contributed by atoms with Crippen molar-refractivity contribution in [1.29, 1.82) is 0 Å². The molecule has 0 spiro atoms. The molecule has 0 aliphatic carbocycles. The summed E-state index contributed by atoms with van der Waals surface area (Å²) in [4.78, 5) is 0. The lowest BCUT2D eigenvalue weighted by Crippen LogP contribution is -2.10. The number of benzene rings is 1. The Balaban J connectivity index is 2.36. The average molecular weight is 229 g/mol. The smallest absolute Gasteiger partial charge is 0.165 e. The molecule has 0 aliphatic rings. The van der Waals surface area contributed by atoms with Gasteiger partial charge in [0.15, 0.2) is 11.6 Å². The van der Waals surface area contributed by atoms with Gasteiger partial charge >= 0.3 is 0 Å². The van der Waals surface area contributed by atoms with Crippen molar-refractivity contribution in [3.05, 3.63) is 29.6 Å². The Labute approximate surface area is 93.8 Å². The van der Waals surface area contributed by atoms with Crippen LogP contribution in [0.3, 0.4) is 0 Å². The SMILES string of the molecule is NCc1ccc(OCCOCCO)c(F)c1. The third-order valence-electron chi connectivity index (χ3n) is 1.95. The van der Waals surface area contributed by atoms with Gasteiger partial charge in [-0.25, -0.2) is 4.39 Å². The van der Waals surface area contributed by atoms with E-state index in [1.54, 1.807) is 12.1 Å². The molecule has 0 unspecified atom stereocenters. The Bertz CT molecular complexity index is 320. The third kappa shape index (κ3) is 4.14. The molecule has 0 atom stereocenters. The molecule has 0 heterocycles. The number of nitrogens with two attached hydrogens (primary N) is 1. The lowest BCUT2D eigenvalue weighted by molar-refractivity contribution is 0.0696. The van der Waals surface area contributed by atoms with E-state index in [0.717, 1.165) is 5.56 Å². The van der Waals surface area contributed by atoms with Crippen molar-refractivity contribution < 1.29 is 19.0 Å². The Kier molecular flexibility index (Phi) is 5.77. The summed E-state index contributed by atoms with van der Waals surface area (Å²) in [6.45, 7) is 1.10. The maximum absolute atomic E-state index is 13.4. The molecule has 0 aromatic heterocycles. The summed E-state index contributed by atoms with van der Waals surface area (Å²) in [6.07, 6.45) is 0. The van der Waals surface area contributed by atoms with E-state index in [1.165, 1.54) is 6.07 Å². The van der Waals surface area contributed by atoms with Gasteiger partial charge < -0.3 is 20.3 Å². The maximum atomic E-state index is 13.4. The lowest BCUT2D eigenvalue weighted by Gasteiger charge is -2.08. The molecule has 0 fully saturated rings. The highest BCUT2D eigenvalue weighted by Crippen LogP contribution is 2.17. The van der Waals surface area contributed by atoms with Crippen LogP contribution >= 0.6 is 0 Å². The second-order valence-corrected chi connectivity index (χ2v) is 3.15. The molecule has 0 saturated heterocycles. The van der Waals surface area contributed by atoms with Crippen molar-refractivity contribution in [3.63, 3.8) is 0 Å². The molecule has 1 aromatic rings. The van der Waals surface area contributed by atoms with Crippen LogP contribution < -0.4 is 10.5 Å². The Morgan fingerprint density at radius 2 is 2.06 bits per heavy atom. The predicted molar refractivity (Wildman–Crippen MR) is 57.7 cm³/mol. The van der Waals surface area contributed by atoms with Gasteiger partial charge in [-0.2, -0.15) is 0 Å². The molecule has 5 heteroatoms. The standard InChI is InChI=1S/C11H16FNO3/c12-10-7-9(8-13)1-2-11(10)16-6-5-15-4-3-14/h1-2,7,14H,3-6,8,13H2. The third-order valence-corrected chi connectivity index (χ3v) is 1.95. The fourth-order valence-electron chi connectivity index (χ4n) is 1.17. The van der Waals surface area contributed by atoms with Gasteiger partial charge in [-0.05, 0) is 17.7 Å². The second-order valence-electron chi connectivity index (χ2n) is 3.15. The first-order valence-corrected chi connectivity index (χ1v) is 5.08. The Morgan fingerprint density at radius 1 is 1.25 bits per heavy atom. The molecule has 0 aliphatic heterocycles. The largest absolute Gasteiger partial charge is 0.488 e. The van der Waals surface area contributed by atoms with Gasteiger partial charge in [0.2, 0.25) is 0 Å². The molecule has 90 valence electrons. The van der Waals surface area contributed by atoms with E-state index in [0.29, 0.717) is 13.2 Å². The van der Waals surface area contributed by atoms with Crippen molar-refractivity contribution in [1.82, 2.24) is 0 Å². The van der Waals surface area contributed by atoms with Crippen LogP contribution in [0.2, 0.25) is 0 Å². The van der Waals surface area contributed by atoms with E-state index in [2.05, 4.69) is 0 Å². The molecule has 0 radical (unpaired) electrons. The van der Waals surface area contributed by atoms with Crippen molar-refractivity contribution in [2.75, 3.05) is 26.4 Å². The molecular formula is C11H16FNO3. The molecule has 0 saturated carbocycles. The Morgan fingerprint density at radius 3 is 2.69 bits per heavy atom. The van der Waals surface area contributed by atoms with E-state index < -0.39 is 5.82 Å². The number of rotatable bonds is 7. The zero-order valence-corrected chi connectivity index (χ0v) is 8.99. The summed E-state index contributed by atoms with van der Waals surface area (Å²) in [5.41, 5.74) is 6.10. The van der Waals surface area contributed by atoms with Crippen LogP contribution in [-0.4, -0.2) is 31.5 Å². The molecule has 4 nitrogen and oxygen atoms in total. The van der Waals surface area contributed by atoms with E-state index in [4.69, 9.17) is 20.3 Å². The van der Waals surface area contributed by atoms with E-state index in [1.807, 2.05) is 0 Å². The van der Waals surface area contributed by atoms with Crippen molar-refractivity contribution in [3.8, 4) is 5.75 Å². The maximum Gasteiger partial charge on any atom is 0.165 e. The van der Waals surface area contributed by atoms with Crippen LogP contribution in [0, 0.1) is 5.82 Å². The van der Waals surface area contributed by atoms with Crippen LogP contribution in [0.25, 0.3) is 0 Å². The van der Waals surface area contributed by atoms with Crippen molar-refractivity contribution in [2.45, 2.75) is 6.54 Å². The van der Waals surface area contributed by atoms with Gasteiger partial charge in [-0.15, -0.1) is 0 Å². The first kappa shape index (κ1) is 12.9. The normalized spacial score (nSPS) is 10.4. The van der Waals surface area contributed by atoms with Gasteiger partial charge in [-0.1, -0.05) is 6.07 Å².